The van der Waals surface area contributed by atoms with Crippen LogP contribution in [-0.4, -0.2) is 49.1 Å². The lowest BCUT2D eigenvalue weighted by Crippen LogP contribution is -2.49. The molecule has 1 aliphatic rings. The topological polar surface area (TPSA) is 38.8 Å². The van der Waals surface area contributed by atoms with Crippen molar-refractivity contribution in [3.63, 3.8) is 0 Å². The van der Waals surface area contributed by atoms with Crippen molar-refractivity contribution in [2.45, 2.75) is 13.0 Å². The molecule has 5 heteroatoms. The molecule has 19 heavy (non-hydrogen) atoms. The van der Waals surface area contributed by atoms with Gasteiger partial charge in [-0.3, -0.25) is 4.79 Å². The summed E-state index contributed by atoms with van der Waals surface area (Å²) < 4.78 is 10.9. The van der Waals surface area contributed by atoms with Crippen LogP contribution in [0.5, 0.6) is 5.75 Å². The molecule has 0 N–H and O–H groups in total. The highest BCUT2D eigenvalue weighted by Gasteiger charge is 2.28. The Morgan fingerprint density at radius 3 is 3.05 bits per heavy atom. The van der Waals surface area contributed by atoms with Crippen LogP contribution in [0.25, 0.3) is 0 Å². The first kappa shape index (κ1) is 14.2. The SMILES string of the molecule is CCOc1ccccc1C(=O)N1CCOCC1CCl. The van der Waals surface area contributed by atoms with Gasteiger partial charge in [-0.2, -0.15) is 0 Å². The second-order valence-electron chi connectivity index (χ2n) is 4.31. The molecule has 0 spiro atoms. The molecular weight excluding hydrogens is 266 g/mol. The molecule has 1 atom stereocenters. The number of ether oxygens (including phenoxy) is 2. The lowest BCUT2D eigenvalue weighted by molar-refractivity contribution is 0.00438. The third-order valence-corrected chi connectivity index (χ3v) is 3.44. The van der Waals surface area contributed by atoms with Crippen molar-refractivity contribution in [3.8, 4) is 5.75 Å². The van der Waals surface area contributed by atoms with E-state index < -0.39 is 0 Å². The lowest BCUT2D eigenvalue weighted by Gasteiger charge is -2.34. The van der Waals surface area contributed by atoms with E-state index in [1.807, 2.05) is 25.1 Å². The van der Waals surface area contributed by atoms with Crippen LogP contribution in [0.3, 0.4) is 0 Å². The third-order valence-electron chi connectivity index (χ3n) is 3.08. The van der Waals surface area contributed by atoms with Crippen LogP contribution in [0.2, 0.25) is 0 Å². The Labute approximate surface area is 118 Å². The van der Waals surface area contributed by atoms with Crippen molar-refractivity contribution >= 4 is 17.5 Å². The smallest absolute Gasteiger partial charge is 0.258 e. The third kappa shape index (κ3) is 3.19. The number of amides is 1. The molecule has 1 unspecified atom stereocenters. The fourth-order valence-electron chi connectivity index (χ4n) is 2.13. The van der Waals surface area contributed by atoms with Crippen LogP contribution in [0.4, 0.5) is 0 Å². The Bertz CT molecular complexity index is 438. The Morgan fingerprint density at radius 2 is 2.32 bits per heavy atom. The summed E-state index contributed by atoms with van der Waals surface area (Å²) in [6, 6.07) is 7.23. The number of hydrogen-bond acceptors (Lipinski definition) is 3. The van der Waals surface area contributed by atoms with Crippen LogP contribution < -0.4 is 4.74 Å². The molecule has 0 saturated carbocycles. The van der Waals surface area contributed by atoms with E-state index in [0.717, 1.165) is 0 Å². The number of rotatable bonds is 4. The highest BCUT2D eigenvalue weighted by molar-refractivity contribution is 6.18. The van der Waals surface area contributed by atoms with Gasteiger partial charge >= 0.3 is 0 Å². The van der Waals surface area contributed by atoms with E-state index >= 15 is 0 Å². The van der Waals surface area contributed by atoms with Crippen molar-refractivity contribution in [3.05, 3.63) is 29.8 Å². The number of nitrogens with zero attached hydrogens (tertiary/aromatic N) is 1. The summed E-state index contributed by atoms with van der Waals surface area (Å²) >= 11 is 5.90. The van der Waals surface area contributed by atoms with E-state index in [0.29, 0.717) is 43.6 Å². The van der Waals surface area contributed by atoms with Gasteiger partial charge in [0.1, 0.15) is 5.75 Å². The minimum atomic E-state index is -0.0717. The minimum absolute atomic E-state index is 0.0435. The van der Waals surface area contributed by atoms with Crippen LogP contribution in [0, 0.1) is 0 Å². The second-order valence-corrected chi connectivity index (χ2v) is 4.62. The van der Waals surface area contributed by atoms with Gasteiger partial charge in [0.15, 0.2) is 0 Å². The van der Waals surface area contributed by atoms with E-state index in [1.54, 1.807) is 11.0 Å². The standard InChI is InChI=1S/C14H18ClNO3/c1-2-19-13-6-4-3-5-12(13)14(17)16-7-8-18-10-11(16)9-15/h3-6,11H,2,7-10H2,1H3. The average Bonchev–Trinajstić information content (AvgIpc) is 2.47. The van der Waals surface area contributed by atoms with Crippen LogP contribution in [-0.2, 0) is 4.74 Å². The molecule has 1 aromatic carbocycles. The fraction of sp³-hybridized carbons (Fsp3) is 0.500. The summed E-state index contributed by atoms with van der Waals surface area (Å²) in [6.45, 7) is 4.04. The summed E-state index contributed by atoms with van der Waals surface area (Å²) in [6.07, 6.45) is 0. The lowest BCUT2D eigenvalue weighted by atomic mass is 10.1. The van der Waals surface area contributed by atoms with E-state index in [-0.39, 0.29) is 11.9 Å². The minimum Gasteiger partial charge on any atom is -0.493 e. The Morgan fingerprint density at radius 1 is 1.53 bits per heavy atom. The maximum atomic E-state index is 12.6. The van der Waals surface area contributed by atoms with Crippen LogP contribution in [0.1, 0.15) is 17.3 Å². The highest BCUT2D eigenvalue weighted by Crippen LogP contribution is 2.22. The molecule has 0 bridgehead atoms. The monoisotopic (exact) mass is 283 g/mol. The van der Waals surface area contributed by atoms with Gasteiger partial charge in [-0.05, 0) is 19.1 Å². The number of para-hydroxylation sites is 1. The van der Waals surface area contributed by atoms with Gasteiger partial charge in [0.2, 0.25) is 0 Å². The maximum absolute atomic E-state index is 12.6. The quantitative estimate of drug-likeness (QED) is 0.795. The summed E-state index contributed by atoms with van der Waals surface area (Å²) in [5.41, 5.74) is 0.585. The summed E-state index contributed by atoms with van der Waals surface area (Å²) in [7, 11) is 0. The molecular formula is C14H18ClNO3. The summed E-state index contributed by atoms with van der Waals surface area (Å²) in [5, 5.41) is 0. The first-order valence-corrected chi connectivity index (χ1v) is 6.98. The molecule has 1 amide bonds. The highest BCUT2D eigenvalue weighted by atomic mass is 35.5. The van der Waals surface area contributed by atoms with Crippen molar-refractivity contribution in [1.82, 2.24) is 4.90 Å². The number of benzene rings is 1. The Balaban J connectivity index is 2.22. The molecule has 104 valence electrons. The number of hydrogen-bond donors (Lipinski definition) is 0. The molecule has 0 aliphatic carbocycles. The maximum Gasteiger partial charge on any atom is 0.258 e. The predicted octanol–water partition coefficient (Wildman–Crippen LogP) is 2.17. The molecule has 0 radical (unpaired) electrons. The van der Waals surface area contributed by atoms with E-state index in [4.69, 9.17) is 21.1 Å². The van der Waals surface area contributed by atoms with Gasteiger partial charge in [-0.25, -0.2) is 0 Å². The largest absolute Gasteiger partial charge is 0.493 e. The first-order valence-electron chi connectivity index (χ1n) is 6.44. The van der Waals surface area contributed by atoms with Crippen molar-refractivity contribution in [2.24, 2.45) is 0 Å². The van der Waals surface area contributed by atoms with Crippen molar-refractivity contribution in [1.29, 1.82) is 0 Å². The molecule has 4 nitrogen and oxygen atoms in total. The zero-order valence-electron chi connectivity index (χ0n) is 11.0. The van der Waals surface area contributed by atoms with Gasteiger partial charge in [0.05, 0.1) is 31.4 Å². The zero-order chi connectivity index (χ0) is 13.7. The van der Waals surface area contributed by atoms with Gasteiger partial charge < -0.3 is 14.4 Å². The van der Waals surface area contributed by atoms with Crippen LogP contribution in [0.15, 0.2) is 24.3 Å². The van der Waals surface area contributed by atoms with Crippen molar-refractivity contribution in [2.75, 3.05) is 32.2 Å². The molecule has 1 aliphatic heterocycles. The molecule has 1 fully saturated rings. The predicted molar refractivity (Wildman–Crippen MR) is 74.0 cm³/mol. The molecule has 2 rings (SSSR count). The number of carbonyl (C=O) groups excluding carboxylic acids is 1. The van der Waals surface area contributed by atoms with Gasteiger partial charge in [0.25, 0.3) is 5.91 Å². The van der Waals surface area contributed by atoms with Gasteiger partial charge in [-0.15, -0.1) is 11.6 Å². The number of alkyl halides is 1. The van der Waals surface area contributed by atoms with Gasteiger partial charge in [0, 0.05) is 12.4 Å². The molecule has 1 aromatic rings. The zero-order valence-corrected chi connectivity index (χ0v) is 11.7. The number of halogens is 1. The first-order chi connectivity index (χ1) is 9.27. The van der Waals surface area contributed by atoms with Crippen molar-refractivity contribution < 1.29 is 14.3 Å². The van der Waals surface area contributed by atoms with E-state index in [1.165, 1.54) is 0 Å². The van der Waals surface area contributed by atoms with Gasteiger partial charge in [-0.1, -0.05) is 12.1 Å². The molecule has 1 saturated heterocycles. The summed E-state index contributed by atoms with van der Waals surface area (Å²) in [4.78, 5) is 14.4. The second kappa shape index (κ2) is 6.78. The average molecular weight is 284 g/mol. The summed E-state index contributed by atoms with van der Waals surface area (Å²) in [5.74, 6) is 0.954. The normalized spacial score (nSPS) is 19.3. The van der Waals surface area contributed by atoms with Crippen LogP contribution >= 0.6 is 11.6 Å². The fourth-order valence-corrected chi connectivity index (χ4v) is 2.39. The number of carbonyl (C=O) groups is 1. The van der Waals surface area contributed by atoms with E-state index in [9.17, 15) is 4.79 Å². The Hall–Kier alpha value is -1.26. The number of morpholine rings is 1. The Kier molecular flexibility index (Phi) is 5.05. The molecule has 1 heterocycles. The van der Waals surface area contributed by atoms with E-state index in [2.05, 4.69) is 0 Å². The molecule has 0 aromatic heterocycles.